The van der Waals surface area contributed by atoms with E-state index in [1.807, 2.05) is 0 Å². The van der Waals surface area contributed by atoms with Gasteiger partial charge in [-0.3, -0.25) is 0 Å². The predicted molar refractivity (Wildman–Crippen MR) is 338 cm³/mol. The Kier molecular flexibility index (Phi) is 13.8. The third-order valence-corrected chi connectivity index (χ3v) is 17.3. The molecular formula is C78H67N. The number of hydrogen-bond donors (Lipinski definition) is 1. The second-order valence-corrected chi connectivity index (χ2v) is 22.2. The second-order valence-electron chi connectivity index (χ2n) is 22.2. The largest absolute Gasteiger partial charge is 0.378 e. The summed E-state index contributed by atoms with van der Waals surface area (Å²) >= 11 is 0. The van der Waals surface area contributed by atoms with Crippen molar-refractivity contribution in [3.8, 4) is 0 Å². The molecule has 0 spiro atoms. The summed E-state index contributed by atoms with van der Waals surface area (Å²) in [7, 11) is 0. The van der Waals surface area contributed by atoms with Crippen LogP contribution in [0.3, 0.4) is 0 Å². The van der Waals surface area contributed by atoms with Crippen molar-refractivity contribution >= 4 is 49.9 Å². The molecule has 5 aliphatic rings. The van der Waals surface area contributed by atoms with Crippen molar-refractivity contribution in [1.82, 2.24) is 0 Å². The summed E-state index contributed by atoms with van der Waals surface area (Å²) in [5.74, 6) is 0.852. The summed E-state index contributed by atoms with van der Waals surface area (Å²) in [5.41, 5.74) is 27.1. The molecule has 1 heteroatoms. The molecular weight excluding hydrogens is 951 g/mol. The van der Waals surface area contributed by atoms with Crippen molar-refractivity contribution in [3.63, 3.8) is 0 Å². The summed E-state index contributed by atoms with van der Waals surface area (Å²) in [6, 6.07) is 70.7. The molecule has 0 amide bonds. The average molecular weight is 1020 g/mol. The Labute approximate surface area is 468 Å². The summed E-state index contributed by atoms with van der Waals surface area (Å²) in [6.07, 6.45) is 33.5. The third kappa shape index (κ3) is 9.96. The number of aryl methyl sites for hydroxylation is 1. The van der Waals surface area contributed by atoms with Crippen LogP contribution in [-0.4, -0.2) is 6.04 Å². The molecule has 8 aromatic rings. The average Bonchev–Trinajstić information content (AvgIpc) is 4.19. The van der Waals surface area contributed by atoms with Crippen molar-refractivity contribution in [2.75, 3.05) is 5.32 Å². The highest BCUT2D eigenvalue weighted by Crippen LogP contribution is 2.49. The zero-order chi connectivity index (χ0) is 53.2. The summed E-state index contributed by atoms with van der Waals surface area (Å²) in [6.45, 7) is 6.97. The lowest BCUT2D eigenvalue weighted by Crippen LogP contribution is -2.27. The Balaban J connectivity index is 0.875. The topological polar surface area (TPSA) is 12.0 Å². The molecule has 4 atom stereocenters. The first-order chi connectivity index (χ1) is 38.9. The molecule has 4 unspecified atom stereocenters. The van der Waals surface area contributed by atoms with Gasteiger partial charge in [-0.1, -0.05) is 256 Å². The number of fused-ring (bicyclic) bond motifs is 3. The van der Waals surface area contributed by atoms with Gasteiger partial charge in [-0.25, -0.2) is 0 Å². The molecule has 0 aromatic heterocycles. The zero-order valence-corrected chi connectivity index (χ0v) is 45.7. The van der Waals surface area contributed by atoms with Gasteiger partial charge in [0.05, 0.1) is 6.04 Å². The van der Waals surface area contributed by atoms with Crippen molar-refractivity contribution in [2.45, 2.75) is 70.8 Å². The molecule has 0 heterocycles. The first-order valence-corrected chi connectivity index (χ1v) is 28.7. The normalized spacial score (nSPS) is 19.8. The van der Waals surface area contributed by atoms with Crippen molar-refractivity contribution in [2.24, 2.45) is 5.92 Å². The molecule has 0 saturated heterocycles. The van der Waals surface area contributed by atoms with Crippen LogP contribution in [-0.2, 0) is 6.42 Å². The molecule has 0 saturated carbocycles. The van der Waals surface area contributed by atoms with Gasteiger partial charge in [-0.05, 0) is 186 Å². The number of anilines is 1. The maximum absolute atomic E-state index is 3.95. The van der Waals surface area contributed by atoms with E-state index in [1.54, 1.807) is 0 Å². The van der Waals surface area contributed by atoms with Crippen LogP contribution < -0.4 is 5.32 Å². The van der Waals surface area contributed by atoms with Crippen LogP contribution in [0, 0.1) is 12.8 Å². The lowest BCUT2D eigenvalue weighted by atomic mass is 9.80. The van der Waals surface area contributed by atoms with Gasteiger partial charge in [0.1, 0.15) is 0 Å². The van der Waals surface area contributed by atoms with Gasteiger partial charge in [0.2, 0.25) is 0 Å². The Morgan fingerprint density at radius 1 is 0.468 bits per heavy atom. The van der Waals surface area contributed by atoms with Gasteiger partial charge in [0.15, 0.2) is 0 Å². The van der Waals surface area contributed by atoms with E-state index in [4.69, 9.17) is 0 Å². The van der Waals surface area contributed by atoms with E-state index in [9.17, 15) is 0 Å². The highest BCUT2D eigenvalue weighted by atomic mass is 14.9. The fraction of sp³-hybridized carbons (Fsp3) is 0.154. The molecule has 79 heavy (non-hydrogen) atoms. The summed E-state index contributed by atoms with van der Waals surface area (Å²) in [5, 5.41) is 6.53. The Hall–Kier alpha value is -8.78. The van der Waals surface area contributed by atoms with Crippen molar-refractivity contribution in [1.29, 1.82) is 0 Å². The first kappa shape index (κ1) is 49.8. The number of hydrogen-bond acceptors (Lipinski definition) is 1. The van der Waals surface area contributed by atoms with E-state index in [0.717, 1.165) is 37.8 Å². The molecule has 8 aromatic carbocycles. The van der Waals surface area contributed by atoms with Crippen LogP contribution >= 0.6 is 0 Å². The maximum Gasteiger partial charge on any atom is 0.0551 e. The molecule has 5 aliphatic carbocycles. The predicted octanol–water partition coefficient (Wildman–Crippen LogP) is 20.1. The fourth-order valence-electron chi connectivity index (χ4n) is 13.0. The van der Waals surface area contributed by atoms with Crippen molar-refractivity contribution in [3.05, 3.63) is 339 Å². The Bertz CT molecular complexity index is 3920. The van der Waals surface area contributed by atoms with E-state index >= 15 is 0 Å². The number of nitrogens with one attached hydrogen (secondary N) is 1. The van der Waals surface area contributed by atoms with Gasteiger partial charge in [0.25, 0.3) is 0 Å². The molecule has 13 rings (SSSR count). The van der Waals surface area contributed by atoms with E-state index < -0.39 is 0 Å². The van der Waals surface area contributed by atoms with Gasteiger partial charge in [-0.15, -0.1) is 0 Å². The van der Waals surface area contributed by atoms with Gasteiger partial charge in [-0.2, -0.15) is 0 Å². The molecule has 1 N–H and O–H groups in total. The standard InChI is InChI=1S/C78H67N/c1-52-29-31-65(57-21-11-5-12-22-57)49-71(52)60-36-38-62(39-37-60)73-51-67-42-47-69-70(78(67)77(73)64-27-17-8-18-28-64)46-30-53(2)75(69)76(63-25-15-7-16-26-63)54(3)55-32-34-61(35-33-55)72-50-66(58-23-13-6-14-24-58)43-48-74(72)79-68-44-40-59(41-45-68)56-19-9-4-10-20-56/h5,7-9,11-13,15-50,52,71-72,74,79H,4,6,10,14,51H2,1-3H3/b76-54+. The van der Waals surface area contributed by atoms with Gasteiger partial charge >= 0.3 is 0 Å². The quantitative estimate of drug-likeness (QED) is 0.120. The van der Waals surface area contributed by atoms with Gasteiger partial charge in [0, 0.05) is 17.5 Å². The summed E-state index contributed by atoms with van der Waals surface area (Å²) in [4.78, 5) is 0. The summed E-state index contributed by atoms with van der Waals surface area (Å²) < 4.78 is 0. The maximum atomic E-state index is 3.95. The fourth-order valence-corrected chi connectivity index (χ4v) is 13.0. The van der Waals surface area contributed by atoms with Crippen molar-refractivity contribution < 1.29 is 0 Å². The van der Waals surface area contributed by atoms with E-state index in [2.05, 4.69) is 287 Å². The minimum atomic E-state index is 0.0860. The SMILES string of the molecule is C/C(=C(/c1ccccc1)c1c(C)ccc2c3c(ccc12)CC(c1ccc(C2C=C(c4ccccc4)C=CC2C)cc1)=C3c1ccccc1)c1ccc(C2C=C(C3=CCCC=C3)C=CC2Nc2ccc(C3=CCCC=C3)cc2)cc1. The molecule has 1 nitrogen and oxygen atoms in total. The van der Waals surface area contributed by atoms with Crippen LogP contribution in [0.2, 0.25) is 0 Å². The number of rotatable bonds is 12. The minimum Gasteiger partial charge on any atom is -0.378 e. The lowest BCUT2D eigenvalue weighted by molar-refractivity contribution is 0.637. The van der Waals surface area contributed by atoms with Crippen LogP contribution in [0.4, 0.5) is 5.69 Å². The van der Waals surface area contributed by atoms with E-state index in [-0.39, 0.29) is 12.0 Å². The van der Waals surface area contributed by atoms with Crippen LogP contribution in [0.25, 0.3) is 44.2 Å². The van der Waals surface area contributed by atoms with Crippen LogP contribution in [0.5, 0.6) is 0 Å². The van der Waals surface area contributed by atoms with Gasteiger partial charge < -0.3 is 5.32 Å². The number of benzene rings is 8. The minimum absolute atomic E-state index is 0.0860. The van der Waals surface area contributed by atoms with Crippen LogP contribution in [0.1, 0.15) is 118 Å². The number of allylic oxidation sites excluding steroid dienone is 16. The zero-order valence-electron chi connectivity index (χ0n) is 45.7. The van der Waals surface area contributed by atoms with E-state index in [0.29, 0.717) is 11.8 Å². The smallest absolute Gasteiger partial charge is 0.0551 e. The molecule has 0 fully saturated rings. The third-order valence-electron chi connectivity index (χ3n) is 17.3. The molecule has 0 aliphatic heterocycles. The Morgan fingerprint density at radius 3 is 1.76 bits per heavy atom. The highest BCUT2D eigenvalue weighted by Gasteiger charge is 2.29. The highest BCUT2D eigenvalue weighted by molar-refractivity contribution is 6.15. The molecule has 0 radical (unpaired) electrons. The molecule has 0 bridgehead atoms. The Morgan fingerprint density at radius 2 is 1.06 bits per heavy atom. The first-order valence-electron chi connectivity index (χ1n) is 28.7. The lowest BCUT2D eigenvalue weighted by Gasteiger charge is -2.29. The van der Waals surface area contributed by atoms with E-state index in [1.165, 1.54) is 122 Å². The second kappa shape index (κ2) is 21.9. The molecule has 384 valence electrons. The monoisotopic (exact) mass is 1020 g/mol. The van der Waals surface area contributed by atoms with Crippen LogP contribution in [0.15, 0.2) is 272 Å².